The van der Waals surface area contributed by atoms with Crippen LogP contribution in [0.5, 0.6) is 5.75 Å². The van der Waals surface area contributed by atoms with Crippen LogP contribution in [-0.2, 0) is 6.42 Å². The fourth-order valence-corrected chi connectivity index (χ4v) is 3.76. The molecule has 27 heavy (non-hydrogen) atoms. The average Bonchev–Trinajstić information content (AvgIpc) is 2.96. The topological polar surface area (TPSA) is 46.6 Å². The molecule has 0 radical (unpaired) electrons. The van der Waals surface area contributed by atoms with Gasteiger partial charge < -0.3 is 4.74 Å². The van der Waals surface area contributed by atoms with Crippen molar-refractivity contribution in [1.82, 2.24) is 4.90 Å². The molecule has 0 saturated heterocycles. The van der Waals surface area contributed by atoms with E-state index in [1.54, 1.807) is 31.4 Å². The Balaban J connectivity index is 1.41. The third-order valence-corrected chi connectivity index (χ3v) is 5.15. The van der Waals surface area contributed by atoms with Gasteiger partial charge in [0, 0.05) is 11.9 Å². The fourth-order valence-electron chi connectivity index (χ4n) is 3.76. The molecule has 0 spiro atoms. The van der Waals surface area contributed by atoms with Crippen LogP contribution < -0.4 is 4.74 Å². The second kappa shape index (κ2) is 7.23. The summed E-state index contributed by atoms with van der Waals surface area (Å²) in [4.78, 5) is 26.2. The molecule has 0 fully saturated rings. The molecule has 0 atom stereocenters. The van der Waals surface area contributed by atoms with Gasteiger partial charge in [-0.15, -0.1) is 0 Å². The quantitative estimate of drug-likeness (QED) is 0.482. The maximum absolute atomic E-state index is 12.4. The van der Waals surface area contributed by atoms with Crippen molar-refractivity contribution < 1.29 is 14.3 Å². The molecule has 0 saturated carbocycles. The van der Waals surface area contributed by atoms with Crippen LogP contribution in [0.1, 0.15) is 39.1 Å². The van der Waals surface area contributed by atoms with Crippen molar-refractivity contribution in [2.45, 2.75) is 19.3 Å². The molecule has 3 aromatic rings. The molecule has 0 unspecified atom stereocenters. The molecule has 3 aromatic carbocycles. The van der Waals surface area contributed by atoms with Crippen molar-refractivity contribution in [3.05, 3.63) is 77.4 Å². The summed E-state index contributed by atoms with van der Waals surface area (Å²) in [5.74, 6) is 0.524. The Bertz CT molecular complexity index is 990. The third-order valence-electron chi connectivity index (χ3n) is 5.15. The van der Waals surface area contributed by atoms with E-state index in [1.807, 2.05) is 18.2 Å². The molecular formula is C23H21NO3. The van der Waals surface area contributed by atoms with Gasteiger partial charge in [0.1, 0.15) is 5.75 Å². The van der Waals surface area contributed by atoms with E-state index in [1.165, 1.54) is 15.8 Å². The Hall–Kier alpha value is -3.14. The number of aryl methyl sites for hydroxylation is 1. The van der Waals surface area contributed by atoms with Crippen LogP contribution in [0.3, 0.4) is 0 Å². The van der Waals surface area contributed by atoms with Crippen molar-refractivity contribution in [2.75, 3.05) is 13.7 Å². The van der Waals surface area contributed by atoms with Gasteiger partial charge in [-0.05, 0) is 48.4 Å². The SMILES string of the molecule is COc1ccc(CCCCN2C(=O)c3ccccc3C2=O)c2ccccc12. The molecule has 1 heterocycles. The predicted molar refractivity (Wildman–Crippen MR) is 105 cm³/mol. The van der Waals surface area contributed by atoms with Crippen molar-refractivity contribution >= 4 is 22.6 Å². The third kappa shape index (κ3) is 3.08. The summed E-state index contributed by atoms with van der Waals surface area (Å²) in [6.07, 6.45) is 2.59. The number of imide groups is 1. The van der Waals surface area contributed by atoms with Crippen LogP contribution in [0.2, 0.25) is 0 Å². The zero-order valence-corrected chi connectivity index (χ0v) is 15.3. The van der Waals surface area contributed by atoms with E-state index in [-0.39, 0.29) is 11.8 Å². The monoisotopic (exact) mass is 359 g/mol. The first kappa shape index (κ1) is 17.3. The number of unbranched alkanes of at least 4 members (excludes halogenated alkanes) is 1. The number of ether oxygens (including phenoxy) is 1. The van der Waals surface area contributed by atoms with Gasteiger partial charge in [0.15, 0.2) is 0 Å². The van der Waals surface area contributed by atoms with Gasteiger partial charge >= 0.3 is 0 Å². The Labute approximate surface area is 158 Å². The number of hydrogen-bond acceptors (Lipinski definition) is 3. The largest absolute Gasteiger partial charge is 0.496 e. The highest BCUT2D eigenvalue weighted by atomic mass is 16.5. The Morgan fingerprint density at radius 3 is 2.07 bits per heavy atom. The van der Waals surface area contributed by atoms with E-state index in [0.717, 1.165) is 30.4 Å². The first-order valence-electron chi connectivity index (χ1n) is 9.20. The fraction of sp³-hybridized carbons (Fsp3) is 0.217. The lowest BCUT2D eigenvalue weighted by Gasteiger charge is -2.14. The molecule has 4 nitrogen and oxygen atoms in total. The van der Waals surface area contributed by atoms with E-state index < -0.39 is 0 Å². The lowest BCUT2D eigenvalue weighted by molar-refractivity contribution is 0.0652. The van der Waals surface area contributed by atoms with E-state index in [2.05, 4.69) is 18.2 Å². The summed E-state index contributed by atoms with van der Waals surface area (Å²) < 4.78 is 5.45. The molecule has 0 aromatic heterocycles. The van der Waals surface area contributed by atoms with E-state index in [0.29, 0.717) is 17.7 Å². The number of rotatable bonds is 6. The highest BCUT2D eigenvalue weighted by Crippen LogP contribution is 2.29. The van der Waals surface area contributed by atoms with E-state index in [4.69, 9.17) is 4.74 Å². The van der Waals surface area contributed by atoms with Gasteiger partial charge in [-0.3, -0.25) is 14.5 Å². The number of carbonyl (C=O) groups is 2. The second-order valence-corrected chi connectivity index (χ2v) is 6.74. The minimum atomic E-state index is -0.175. The van der Waals surface area contributed by atoms with E-state index in [9.17, 15) is 9.59 Å². The molecule has 0 N–H and O–H groups in total. The molecule has 1 aliphatic rings. The molecule has 1 aliphatic heterocycles. The Morgan fingerprint density at radius 1 is 0.778 bits per heavy atom. The summed E-state index contributed by atoms with van der Waals surface area (Å²) in [7, 11) is 1.68. The summed E-state index contributed by atoms with van der Waals surface area (Å²) in [6.45, 7) is 0.459. The number of carbonyl (C=O) groups excluding carboxylic acids is 2. The lowest BCUT2D eigenvalue weighted by Crippen LogP contribution is -2.30. The summed E-state index contributed by atoms with van der Waals surface area (Å²) in [5, 5.41) is 2.30. The normalized spacial score (nSPS) is 13.3. The van der Waals surface area contributed by atoms with Gasteiger partial charge in [-0.1, -0.05) is 42.5 Å². The minimum absolute atomic E-state index is 0.175. The molecule has 4 rings (SSSR count). The first-order valence-corrected chi connectivity index (χ1v) is 9.20. The van der Waals surface area contributed by atoms with Crippen LogP contribution >= 0.6 is 0 Å². The van der Waals surface area contributed by atoms with Crippen molar-refractivity contribution in [2.24, 2.45) is 0 Å². The zero-order valence-electron chi connectivity index (χ0n) is 15.3. The summed E-state index contributed by atoms with van der Waals surface area (Å²) in [6, 6.07) is 19.3. The van der Waals surface area contributed by atoms with Crippen molar-refractivity contribution in [1.29, 1.82) is 0 Å². The van der Waals surface area contributed by atoms with Crippen LogP contribution in [0.25, 0.3) is 10.8 Å². The van der Waals surface area contributed by atoms with Gasteiger partial charge in [0.2, 0.25) is 0 Å². The minimum Gasteiger partial charge on any atom is -0.496 e. The molecule has 4 heteroatoms. The predicted octanol–water partition coefficient (Wildman–Crippen LogP) is 4.47. The zero-order chi connectivity index (χ0) is 18.8. The maximum atomic E-state index is 12.4. The van der Waals surface area contributed by atoms with Crippen LogP contribution in [-0.4, -0.2) is 30.4 Å². The lowest BCUT2D eigenvalue weighted by atomic mass is 9.99. The standard InChI is InChI=1S/C23H21NO3/c1-27-21-14-13-16(17-9-2-3-10-18(17)21)8-6-7-15-24-22(25)19-11-4-5-12-20(19)23(24)26/h2-5,9-14H,6-8,15H2,1H3. The molecule has 0 bridgehead atoms. The number of nitrogens with zero attached hydrogens (tertiary/aromatic N) is 1. The number of benzene rings is 3. The van der Waals surface area contributed by atoms with Crippen molar-refractivity contribution in [3.63, 3.8) is 0 Å². The Kier molecular flexibility index (Phi) is 4.63. The smallest absolute Gasteiger partial charge is 0.261 e. The number of methoxy groups -OCH3 is 1. The number of amides is 2. The van der Waals surface area contributed by atoms with Gasteiger partial charge in [0.25, 0.3) is 11.8 Å². The second-order valence-electron chi connectivity index (χ2n) is 6.74. The van der Waals surface area contributed by atoms with Gasteiger partial charge in [-0.2, -0.15) is 0 Å². The summed E-state index contributed by atoms with van der Waals surface area (Å²) in [5.41, 5.74) is 2.29. The van der Waals surface area contributed by atoms with Gasteiger partial charge in [0.05, 0.1) is 18.2 Å². The molecule has 2 amide bonds. The summed E-state index contributed by atoms with van der Waals surface area (Å²) >= 11 is 0. The van der Waals surface area contributed by atoms with Crippen LogP contribution in [0.15, 0.2) is 60.7 Å². The molecule has 0 aliphatic carbocycles. The highest BCUT2D eigenvalue weighted by Gasteiger charge is 2.34. The van der Waals surface area contributed by atoms with Crippen LogP contribution in [0, 0.1) is 0 Å². The number of hydrogen-bond donors (Lipinski definition) is 0. The first-order chi connectivity index (χ1) is 13.2. The van der Waals surface area contributed by atoms with Gasteiger partial charge in [-0.25, -0.2) is 0 Å². The van der Waals surface area contributed by atoms with Crippen LogP contribution in [0.4, 0.5) is 0 Å². The number of fused-ring (bicyclic) bond motifs is 2. The average molecular weight is 359 g/mol. The maximum Gasteiger partial charge on any atom is 0.261 e. The Morgan fingerprint density at radius 2 is 1.41 bits per heavy atom. The molecular weight excluding hydrogens is 338 g/mol. The highest BCUT2D eigenvalue weighted by molar-refractivity contribution is 6.21. The molecule has 136 valence electrons. The van der Waals surface area contributed by atoms with E-state index >= 15 is 0 Å². The van der Waals surface area contributed by atoms with Crippen molar-refractivity contribution in [3.8, 4) is 5.75 Å².